The van der Waals surface area contributed by atoms with E-state index in [4.69, 9.17) is 0 Å². The molecule has 1 aliphatic rings. The molecular formula is C18H21N5O4. The van der Waals surface area contributed by atoms with Crippen molar-refractivity contribution in [3.63, 3.8) is 0 Å². The summed E-state index contributed by atoms with van der Waals surface area (Å²) in [5.41, 5.74) is -0.0237. The Morgan fingerprint density at radius 2 is 1.78 bits per heavy atom. The number of carboxylic acids is 1. The monoisotopic (exact) mass is 371 g/mol. The molecule has 1 aromatic carbocycles. The van der Waals surface area contributed by atoms with Gasteiger partial charge in [0.15, 0.2) is 5.69 Å². The van der Waals surface area contributed by atoms with Crippen molar-refractivity contribution >= 4 is 22.8 Å². The minimum atomic E-state index is -1.43. The molecule has 9 nitrogen and oxygen atoms in total. The summed E-state index contributed by atoms with van der Waals surface area (Å²) < 4.78 is 3.13. The molecule has 0 atom stereocenters. The number of imidazole rings is 1. The number of fused-ring (bicyclic) bond motifs is 3. The standard InChI is InChI=1S/C18H21N5O4/c1-20-6-8-21(9-7-20)10-11-22-12-4-2-3-5-13(12)23-16(25)15(24)14(17(26)27)19-18(22)23/h2-5,24H,6-11H2,1H3,(H,26,27). The van der Waals surface area contributed by atoms with Crippen LogP contribution >= 0.6 is 0 Å². The zero-order chi connectivity index (χ0) is 19.1. The SMILES string of the molecule is CN1CCN(CCn2c3ccccc3n3c(=O)c(O)c(C(=O)O)nc23)CC1. The lowest BCUT2D eigenvalue weighted by Crippen LogP contribution is -2.45. The molecule has 0 spiro atoms. The first-order valence-electron chi connectivity index (χ1n) is 8.84. The molecule has 9 heteroatoms. The summed E-state index contributed by atoms with van der Waals surface area (Å²) in [4.78, 5) is 32.7. The van der Waals surface area contributed by atoms with Gasteiger partial charge in [-0.2, -0.15) is 0 Å². The van der Waals surface area contributed by atoms with E-state index in [0.29, 0.717) is 12.1 Å². The van der Waals surface area contributed by atoms with E-state index in [-0.39, 0.29) is 5.78 Å². The van der Waals surface area contributed by atoms with Crippen LogP contribution in [0.5, 0.6) is 5.75 Å². The van der Waals surface area contributed by atoms with E-state index in [1.54, 1.807) is 12.1 Å². The van der Waals surface area contributed by atoms with Crippen LogP contribution < -0.4 is 5.56 Å². The number of para-hydroxylation sites is 2. The summed E-state index contributed by atoms with van der Waals surface area (Å²) in [5, 5.41) is 19.3. The molecule has 3 aromatic rings. The lowest BCUT2D eigenvalue weighted by atomic mass is 10.3. The van der Waals surface area contributed by atoms with Crippen molar-refractivity contribution in [1.82, 2.24) is 23.8 Å². The third-order valence-electron chi connectivity index (χ3n) is 5.13. The van der Waals surface area contributed by atoms with Gasteiger partial charge in [0.25, 0.3) is 0 Å². The molecule has 27 heavy (non-hydrogen) atoms. The molecular weight excluding hydrogens is 350 g/mol. The summed E-state index contributed by atoms with van der Waals surface area (Å²) in [6.45, 7) is 5.26. The first-order chi connectivity index (χ1) is 13.0. The molecule has 142 valence electrons. The van der Waals surface area contributed by atoms with E-state index in [9.17, 15) is 19.8 Å². The largest absolute Gasteiger partial charge is 0.501 e. The van der Waals surface area contributed by atoms with Crippen LogP contribution in [0.3, 0.4) is 0 Å². The fraction of sp³-hybridized carbons (Fsp3) is 0.389. The highest BCUT2D eigenvalue weighted by Crippen LogP contribution is 2.21. The number of carboxylic acid groups (broad SMARTS) is 1. The second kappa shape index (κ2) is 6.67. The van der Waals surface area contributed by atoms with Crippen molar-refractivity contribution < 1.29 is 15.0 Å². The first kappa shape index (κ1) is 17.5. The zero-order valence-corrected chi connectivity index (χ0v) is 15.0. The Morgan fingerprint density at radius 3 is 2.44 bits per heavy atom. The second-order valence-electron chi connectivity index (χ2n) is 6.84. The molecule has 0 unspecified atom stereocenters. The Bertz CT molecular complexity index is 1080. The average Bonchev–Trinajstić information content (AvgIpc) is 2.97. The van der Waals surface area contributed by atoms with Crippen LogP contribution in [-0.4, -0.2) is 79.7 Å². The topological polar surface area (TPSA) is 103 Å². The molecule has 1 saturated heterocycles. The number of benzene rings is 1. The van der Waals surface area contributed by atoms with Crippen LogP contribution in [0.1, 0.15) is 10.5 Å². The number of aromatic carboxylic acids is 1. The molecule has 1 fully saturated rings. The van der Waals surface area contributed by atoms with Gasteiger partial charge >= 0.3 is 11.5 Å². The van der Waals surface area contributed by atoms with Crippen molar-refractivity contribution in [2.24, 2.45) is 0 Å². The minimum Gasteiger partial charge on any atom is -0.501 e. The van der Waals surface area contributed by atoms with Gasteiger partial charge in [-0.15, -0.1) is 0 Å². The van der Waals surface area contributed by atoms with E-state index in [1.807, 2.05) is 16.7 Å². The fourth-order valence-electron chi connectivity index (χ4n) is 3.57. The highest BCUT2D eigenvalue weighted by Gasteiger charge is 2.23. The van der Waals surface area contributed by atoms with Gasteiger partial charge < -0.3 is 19.7 Å². The van der Waals surface area contributed by atoms with E-state index in [1.165, 1.54) is 4.40 Å². The number of likely N-dealkylation sites (N-methyl/N-ethyl adjacent to an activating group) is 1. The maximum atomic E-state index is 12.6. The maximum Gasteiger partial charge on any atom is 0.358 e. The number of hydrogen-bond donors (Lipinski definition) is 2. The lowest BCUT2D eigenvalue weighted by Gasteiger charge is -2.32. The number of aromatic hydroxyl groups is 1. The number of piperazine rings is 1. The number of nitrogens with zero attached hydrogens (tertiary/aromatic N) is 5. The molecule has 0 radical (unpaired) electrons. The number of carbonyl (C=O) groups is 1. The zero-order valence-electron chi connectivity index (χ0n) is 15.0. The second-order valence-corrected chi connectivity index (χ2v) is 6.84. The van der Waals surface area contributed by atoms with E-state index >= 15 is 0 Å². The summed E-state index contributed by atoms with van der Waals surface area (Å²) in [5.74, 6) is -2.05. The molecule has 0 aliphatic carbocycles. The minimum absolute atomic E-state index is 0.227. The summed E-state index contributed by atoms with van der Waals surface area (Å²) in [6, 6.07) is 7.28. The van der Waals surface area contributed by atoms with Gasteiger partial charge in [0.1, 0.15) is 0 Å². The van der Waals surface area contributed by atoms with Crippen LogP contribution in [0.2, 0.25) is 0 Å². The summed E-state index contributed by atoms with van der Waals surface area (Å²) in [7, 11) is 2.10. The van der Waals surface area contributed by atoms with Crippen LogP contribution in [0.15, 0.2) is 29.1 Å². The molecule has 4 rings (SSSR count). The molecule has 0 saturated carbocycles. The van der Waals surface area contributed by atoms with Crippen molar-refractivity contribution in [3.05, 3.63) is 40.3 Å². The normalized spacial score (nSPS) is 16.3. The van der Waals surface area contributed by atoms with Crippen LogP contribution in [0, 0.1) is 0 Å². The number of aromatic nitrogens is 3. The lowest BCUT2D eigenvalue weighted by molar-refractivity contribution is 0.0686. The van der Waals surface area contributed by atoms with Crippen molar-refractivity contribution in [1.29, 1.82) is 0 Å². The van der Waals surface area contributed by atoms with Crippen molar-refractivity contribution in [3.8, 4) is 5.75 Å². The van der Waals surface area contributed by atoms with E-state index in [0.717, 1.165) is 38.2 Å². The van der Waals surface area contributed by atoms with Gasteiger partial charge in [-0.25, -0.2) is 14.2 Å². The molecule has 0 amide bonds. The van der Waals surface area contributed by atoms with Gasteiger partial charge in [0.05, 0.1) is 11.0 Å². The van der Waals surface area contributed by atoms with Crippen LogP contribution in [0.4, 0.5) is 0 Å². The van der Waals surface area contributed by atoms with Crippen molar-refractivity contribution in [2.45, 2.75) is 6.54 Å². The third-order valence-corrected chi connectivity index (χ3v) is 5.13. The van der Waals surface area contributed by atoms with Gasteiger partial charge in [0, 0.05) is 39.3 Å². The average molecular weight is 371 g/mol. The fourth-order valence-corrected chi connectivity index (χ4v) is 3.57. The Morgan fingerprint density at radius 1 is 1.11 bits per heavy atom. The van der Waals surface area contributed by atoms with Gasteiger partial charge in [0.2, 0.25) is 11.5 Å². The molecule has 2 aromatic heterocycles. The molecule has 0 bridgehead atoms. The maximum absolute atomic E-state index is 12.6. The molecule has 3 heterocycles. The first-order valence-corrected chi connectivity index (χ1v) is 8.84. The molecule has 1 aliphatic heterocycles. The Labute approximate surface area is 154 Å². The number of rotatable bonds is 4. The van der Waals surface area contributed by atoms with Gasteiger partial charge in [-0.1, -0.05) is 12.1 Å². The highest BCUT2D eigenvalue weighted by atomic mass is 16.4. The third kappa shape index (κ3) is 2.94. The predicted octanol–water partition coefficient (Wildman–Crippen LogP) is 0.300. The van der Waals surface area contributed by atoms with E-state index < -0.39 is 23.0 Å². The van der Waals surface area contributed by atoms with Gasteiger partial charge in [-0.05, 0) is 19.2 Å². The summed E-state index contributed by atoms with van der Waals surface area (Å²) in [6.07, 6.45) is 0. The number of hydrogen-bond acceptors (Lipinski definition) is 6. The Kier molecular flexibility index (Phi) is 4.33. The van der Waals surface area contributed by atoms with Crippen molar-refractivity contribution in [2.75, 3.05) is 39.8 Å². The van der Waals surface area contributed by atoms with Crippen LogP contribution in [-0.2, 0) is 6.54 Å². The van der Waals surface area contributed by atoms with E-state index in [2.05, 4.69) is 21.8 Å². The highest BCUT2D eigenvalue weighted by molar-refractivity contribution is 5.90. The quantitative estimate of drug-likeness (QED) is 0.680. The predicted molar refractivity (Wildman–Crippen MR) is 99.5 cm³/mol. The van der Waals surface area contributed by atoms with Gasteiger partial charge in [-0.3, -0.25) is 9.69 Å². The molecule has 2 N–H and O–H groups in total. The Balaban J connectivity index is 1.82. The smallest absolute Gasteiger partial charge is 0.358 e. The Hall–Kier alpha value is -2.91. The van der Waals surface area contributed by atoms with Crippen LogP contribution in [0.25, 0.3) is 16.8 Å². The summed E-state index contributed by atoms with van der Waals surface area (Å²) >= 11 is 0.